The molecule has 2 N–H and O–H groups in total. The molecule has 3 aromatic carbocycles. The lowest BCUT2D eigenvalue weighted by Gasteiger charge is -2.30. The van der Waals surface area contributed by atoms with Crippen LogP contribution in [0.3, 0.4) is 0 Å². The number of aromatic carboxylic acids is 1. The smallest absolute Gasteiger partial charge is 0.336 e. The average molecular weight is 559 g/mol. The van der Waals surface area contributed by atoms with Crippen LogP contribution >= 0.6 is 11.6 Å². The summed E-state index contributed by atoms with van der Waals surface area (Å²) in [5.41, 5.74) is 3.69. The number of ketones is 1. The van der Waals surface area contributed by atoms with Crippen LogP contribution in [0.2, 0.25) is 5.02 Å². The van der Waals surface area contributed by atoms with Gasteiger partial charge in [0.1, 0.15) is 11.6 Å². The highest BCUT2D eigenvalue weighted by molar-refractivity contribution is 6.34. The lowest BCUT2D eigenvalue weighted by atomic mass is 9.75. The number of rotatable bonds is 10. The quantitative estimate of drug-likeness (QED) is 0.190. The number of benzene rings is 3. The molecule has 0 radical (unpaired) electrons. The number of halogens is 1. The summed E-state index contributed by atoms with van der Waals surface area (Å²) in [7, 11) is 1.61. The fraction of sp³-hybridized carbons (Fsp3) is 0.364. The van der Waals surface area contributed by atoms with E-state index in [1.807, 2.05) is 30.3 Å². The molecule has 0 amide bonds. The minimum absolute atomic E-state index is 0.00341. The number of nitrogens with one attached hydrogen (secondary N) is 1. The maximum atomic E-state index is 13.5. The Hall–Kier alpha value is -3.64. The number of Topliss-reactive ketones (excluding diaryl/α,β-unsaturated/α-hetero) is 1. The lowest BCUT2D eigenvalue weighted by molar-refractivity contribution is 0.0697. The van der Waals surface area contributed by atoms with E-state index in [9.17, 15) is 14.7 Å². The highest BCUT2D eigenvalue weighted by Crippen LogP contribution is 2.40. The number of aromatic amines is 1. The van der Waals surface area contributed by atoms with E-state index in [-0.39, 0.29) is 11.3 Å². The third-order valence-corrected chi connectivity index (χ3v) is 8.54. The molecule has 208 valence electrons. The number of ether oxygens (including phenoxy) is 1. The third-order valence-electron chi connectivity index (χ3n) is 8.22. The van der Waals surface area contributed by atoms with E-state index in [4.69, 9.17) is 21.3 Å². The molecule has 1 saturated carbocycles. The van der Waals surface area contributed by atoms with Gasteiger partial charge in [0, 0.05) is 34.2 Å². The van der Waals surface area contributed by atoms with Crippen LogP contribution < -0.4 is 4.74 Å². The molecule has 0 spiro atoms. The monoisotopic (exact) mass is 558 g/mol. The van der Waals surface area contributed by atoms with Crippen LogP contribution in [0, 0.1) is 11.8 Å². The summed E-state index contributed by atoms with van der Waals surface area (Å²) in [6, 6.07) is 15.9. The molecule has 1 heterocycles. The third kappa shape index (κ3) is 5.78. The number of carbonyl (C=O) groups excluding carboxylic acids is 1. The first kappa shape index (κ1) is 27.9. The van der Waals surface area contributed by atoms with Gasteiger partial charge in [-0.25, -0.2) is 9.78 Å². The van der Waals surface area contributed by atoms with Gasteiger partial charge in [0.05, 0.1) is 23.7 Å². The van der Waals surface area contributed by atoms with Crippen molar-refractivity contribution < 1.29 is 19.4 Å². The second kappa shape index (κ2) is 12.3. The number of carboxylic acid groups (broad SMARTS) is 1. The number of carboxylic acids is 1. The average Bonchev–Trinajstić information content (AvgIpc) is 3.40. The van der Waals surface area contributed by atoms with Crippen molar-refractivity contribution in [3.63, 3.8) is 0 Å². The summed E-state index contributed by atoms with van der Waals surface area (Å²) in [5, 5.41) is 10.6. The first-order valence-electron chi connectivity index (χ1n) is 14.1. The number of nitrogens with zero attached hydrogens (tertiary/aromatic N) is 1. The van der Waals surface area contributed by atoms with Gasteiger partial charge in [-0.15, -0.1) is 0 Å². The summed E-state index contributed by atoms with van der Waals surface area (Å²) in [4.78, 5) is 34.0. The Morgan fingerprint density at radius 3 is 2.60 bits per heavy atom. The molecule has 1 aromatic heterocycles. The van der Waals surface area contributed by atoms with E-state index in [0.717, 1.165) is 23.9 Å². The predicted octanol–water partition coefficient (Wildman–Crippen LogP) is 8.83. The first-order chi connectivity index (χ1) is 19.4. The molecule has 5 rings (SSSR count). The normalized spacial score (nSPS) is 14.8. The summed E-state index contributed by atoms with van der Waals surface area (Å²) in [6.07, 6.45) is 8.62. The Balaban J connectivity index is 1.52. The molecule has 1 atom stereocenters. The second-order valence-electron chi connectivity index (χ2n) is 10.8. The van der Waals surface area contributed by atoms with Crippen LogP contribution in [0.5, 0.6) is 5.75 Å². The molecule has 1 fully saturated rings. The Morgan fingerprint density at radius 1 is 1.07 bits per heavy atom. The van der Waals surface area contributed by atoms with E-state index in [1.54, 1.807) is 25.3 Å². The standard InChI is InChI=1S/C33H35ClN2O4/c1-3-8-21(20-9-5-4-6-10-20)18-30(37)22-13-15-24(26(17-22)33(38)39)31-25(11-7-12-27(31)34)32-35-28-16-14-23(40-2)19-29(28)36-32/h7,11-17,19-21H,3-6,8-10,18H2,1-2H3,(H,35,36)(H,38,39)/t21-/m0/s1. The maximum Gasteiger partial charge on any atom is 0.336 e. The van der Waals surface area contributed by atoms with Gasteiger partial charge in [-0.1, -0.05) is 87.7 Å². The summed E-state index contributed by atoms with van der Waals surface area (Å²) in [6.45, 7) is 2.16. The van der Waals surface area contributed by atoms with Crippen LogP contribution in [0.1, 0.15) is 79.0 Å². The molecule has 0 saturated heterocycles. The van der Waals surface area contributed by atoms with Crippen molar-refractivity contribution in [2.75, 3.05) is 7.11 Å². The highest BCUT2D eigenvalue weighted by atomic mass is 35.5. The Kier molecular flexibility index (Phi) is 8.55. The molecule has 7 heteroatoms. The van der Waals surface area contributed by atoms with Crippen LogP contribution in [0.25, 0.3) is 33.5 Å². The second-order valence-corrected chi connectivity index (χ2v) is 11.2. The number of carbonyl (C=O) groups is 2. The van der Waals surface area contributed by atoms with Crippen molar-refractivity contribution in [1.82, 2.24) is 9.97 Å². The molecule has 0 aliphatic heterocycles. The lowest BCUT2D eigenvalue weighted by Crippen LogP contribution is -2.21. The molecular formula is C33H35ClN2O4. The zero-order valence-corrected chi connectivity index (χ0v) is 23.8. The fourth-order valence-corrected chi connectivity index (χ4v) is 6.46. The van der Waals surface area contributed by atoms with Gasteiger partial charge >= 0.3 is 5.97 Å². The van der Waals surface area contributed by atoms with Gasteiger partial charge < -0.3 is 14.8 Å². The topological polar surface area (TPSA) is 92.3 Å². The van der Waals surface area contributed by atoms with E-state index in [1.165, 1.54) is 38.2 Å². The molecule has 0 bridgehead atoms. The number of hydrogen-bond donors (Lipinski definition) is 2. The van der Waals surface area contributed by atoms with Crippen molar-refractivity contribution in [3.05, 3.63) is 70.7 Å². The number of methoxy groups -OCH3 is 1. The van der Waals surface area contributed by atoms with Gasteiger partial charge in [-0.2, -0.15) is 0 Å². The van der Waals surface area contributed by atoms with Crippen molar-refractivity contribution in [3.8, 4) is 28.3 Å². The molecule has 1 aliphatic rings. The van der Waals surface area contributed by atoms with Crippen LogP contribution in [0.15, 0.2) is 54.6 Å². The number of H-pyrrole nitrogens is 1. The Morgan fingerprint density at radius 2 is 1.88 bits per heavy atom. The number of fused-ring (bicyclic) bond motifs is 1. The largest absolute Gasteiger partial charge is 0.497 e. The summed E-state index contributed by atoms with van der Waals surface area (Å²) in [5.74, 6) is 1.07. The zero-order valence-electron chi connectivity index (χ0n) is 23.0. The molecule has 4 aromatic rings. The van der Waals surface area contributed by atoms with Crippen LogP contribution in [-0.2, 0) is 0 Å². The van der Waals surface area contributed by atoms with Crippen LogP contribution in [0.4, 0.5) is 0 Å². The highest BCUT2D eigenvalue weighted by Gasteiger charge is 2.27. The summed E-state index contributed by atoms with van der Waals surface area (Å²) < 4.78 is 5.33. The van der Waals surface area contributed by atoms with Crippen molar-refractivity contribution in [1.29, 1.82) is 0 Å². The molecule has 0 unspecified atom stereocenters. The fourth-order valence-electron chi connectivity index (χ4n) is 6.19. The summed E-state index contributed by atoms with van der Waals surface area (Å²) >= 11 is 6.71. The minimum atomic E-state index is -1.11. The molecule has 40 heavy (non-hydrogen) atoms. The molecule has 6 nitrogen and oxygen atoms in total. The van der Waals surface area contributed by atoms with Gasteiger partial charge in [0.25, 0.3) is 0 Å². The maximum absolute atomic E-state index is 13.5. The van der Waals surface area contributed by atoms with E-state index < -0.39 is 5.97 Å². The van der Waals surface area contributed by atoms with Crippen molar-refractivity contribution in [2.24, 2.45) is 11.8 Å². The molecule has 1 aliphatic carbocycles. The van der Waals surface area contributed by atoms with Gasteiger partial charge in [0.15, 0.2) is 5.78 Å². The van der Waals surface area contributed by atoms with Gasteiger partial charge in [-0.3, -0.25) is 4.79 Å². The zero-order chi connectivity index (χ0) is 28.2. The molecular weight excluding hydrogens is 524 g/mol. The van der Waals surface area contributed by atoms with Crippen molar-refractivity contribution >= 4 is 34.4 Å². The van der Waals surface area contributed by atoms with E-state index in [0.29, 0.717) is 57.1 Å². The SMILES string of the molecule is CCC[C@@H](CC(=O)c1ccc(-c2c(Cl)cccc2-c2nc3ccc(OC)cc3[nH]2)c(C(=O)O)c1)C1CCCCC1. The van der Waals surface area contributed by atoms with Gasteiger partial charge in [0.2, 0.25) is 0 Å². The van der Waals surface area contributed by atoms with Gasteiger partial charge in [-0.05, 0) is 41.7 Å². The number of hydrogen-bond acceptors (Lipinski definition) is 4. The minimum Gasteiger partial charge on any atom is -0.497 e. The van der Waals surface area contributed by atoms with Crippen molar-refractivity contribution in [2.45, 2.75) is 58.3 Å². The number of imidazole rings is 1. The van der Waals surface area contributed by atoms with E-state index >= 15 is 0 Å². The first-order valence-corrected chi connectivity index (χ1v) is 14.5. The Labute approximate surface area is 239 Å². The number of aromatic nitrogens is 2. The Bertz CT molecular complexity index is 1540. The predicted molar refractivity (Wildman–Crippen MR) is 159 cm³/mol. The van der Waals surface area contributed by atoms with E-state index in [2.05, 4.69) is 11.9 Å². The van der Waals surface area contributed by atoms with Crippen LogP contribution in [-0.4, -0.2) is 33.9 Å².